The molecule has 0 saturated heterocycles. The monoisotopic (exact) mass is 278 g/mol. The Bertz CT molecular complexity index is 426. The van der Waals surface area contributed by atoms with Crippen LogP contribution in [0.15, 0.2) is 18.2 Å². The van der Waals surface area contributed by atoms with E-state index in [0.29, 0.717) is 19.7 Å². The average molecular weight is 278 g/mol. The first-order chi connectivity index (χ1) is 9.43. The van der Waals surface area contributed by atoms with Crippen LogP contribution in [0.2, 0.25) is 0 Å². The predicted molar refractivity (Wildman–Crippen MR) is 81.9 cm³/mol. The van der Waals surface area contributed by atoms with Gasteiger partial charge in [0.15, 0.2) is 0 Å². The molecular weight excluding hydrogens is 252 g/mol. The number of carbonyl (C=O) groups excluding carboxylic acids is 1. The summed E-state index contributed by atoms with van der Waals surface area (Å²) in [5.41, 5.74) is 7.84. The van der Waals surface area contributed by atoms with E-state index in [2.05, 4.69) is 6.07 Å². The molecule has 0 fully saturated rings. The zero-order valence-electron chi connectivity index (χ0n) is 13.0. The van der Waals surface area contributed by atoms with E-state index < -0.39 is 0 Å². The molecule has 1 aromatic carbocycles. The fourth-order valence-electron chi connectivity index (χ4n) is 2.18. The van der Waals surface area contributed by atoms with Crippen LogP contribution in [-0.2, 0) is 4.79 Å². The summed E-state index contributed by atoms with van der Waals surface area (Å²) in [5.74, 6) is 0.962. The third kappa shape index (κ3) is 5.21. The van der Waals surface area contributed by atoms with Gasteiger partial charge in [0.25, 0.3) is 0 Å². The number of rotatable bonds is 7. The van der Waals surface area contributed by atoms with Gasteiger partial charge >= 0.3 is 0 Å². The van der Waals surface area contributed by atoms with Crippen LogP contribution in [0.4, 0.5) is 0 Å². The minimum atomic E-state index is -0.0220. The molecule has 0 saturated carbocycles. The normalized spacial score (nSPS) is 12.1. The second-order valence-corrected chi connectivity index (χ2v) is 5.41. The van der Waals surface area contributed by atoms with Gasteiger partial charge in [-0.2, -0.15) is 0 Å². The van der Waals surface area contributed by atoms with Crippen molar-refractivity contribution in [1.82, 2.24) is 4.90 Å². The number of nitrogens with zero attached hydrogens (tertiary/aromatic N) is 1. The molecule has 0 heterocycles. The molecule has 1 unspecified atom stereocenters. The van der Waals surface area contributed by atoms with Crippen LogP contribution in [0.5, 0.6) is 5.75 Å². The number of amides is 1. The van der Waals surface area contributed by atoms with Crippen molar-refractivity contribution in [2.24, 2.45) is 11.7 Å². The van der Waals surface area contributed by atoms with Crippen molar-refractivity contribution < 1.29 is 9.53 Å². The first-order valence-electron chi connectivity index (χ1n) is 7.10. The standard InChI is InChI=1S/C16H26N2O2/c1-12-9-13(2)11-15(10-12)20-8-7-18(4)16(19)14(3)5-6-17/h9-11,14H,5-8,17H2,1-4H3. The molecule has 0 bridgehead atoms. The number of ether oxygens (including phenoxy) is 1. The van der Waals surface area contributed by atoms with E-state index >= 15 is 0 Å². The molecule has 20 heavy (non-hydrogen) atoms. The zero-order valence-corrected chi connectivity index (χ0v) is 13.0. The molecule has 0 aromatic heterocycles. The second kappa shape index (κ2) is 7.90. The topological polar surface area (TPSA) is 55.6 Å². The number of benzene rings is 1. The molecule has 2 N–H and O–H groups in total. The van der Waals surface area contributed by atoms with Gasteiger partial charge in [-0.1, -0.05) is 13.0 Å². The van der Waals surface area contributed by atoms with Crippen LogP contribution >= 0.6 is 0 Å². The minimum Gasteiger partial charge on any atom is -0.492 e. The molecular formula is C16H26N2O2. The largest absolute Gasteiger partial charge is 0.492 e. The smallest absolute Gasteiger partial charge is 0.225 e. The highest BCUT2D eigenvalue weighted by Crippen LogP contribution is 2.16. The summed E-state index contributed by atoms with van der Waals surface area (Å²) >= 11 is 0. The maximum atomic E-state index is 12.0. The van der Waals surface area contributed by atoms with E-state index in [-0.39, 0.29) is 11.8 Å². The minimum absolute atomic E-state index is 0.0220. The number of aryl methyl sites for hydroxylation is 2. The second-order valence-electron chi connectivity index (χ2n) is 5.41. The Hall–Kier alpha value is -1.55. The first-order valence-corrected chi connectivity index (χ1v) is 7.10. The zero-order chi connectivity index (χ0) is 15.1. The molecule has 4 heteroatoms. The van der Waals surface area contributed by atoms with Gasteiger partial charge in [0.05, 0.1) is 6.54 Å². The molecule has 0 spiro atoms. The van der Waals surface area contributed by atoms with E-state index in [4.69, 9.17) is 10.5 Å². The first kappa shape index (κ1) is 16.5. The molecule has 0 aliphatic carbocycles. The van der Waals surface area contributed by atoms with Crippen molar-refractivity contribution in [1.29, 1.82) is 0 Å². The summed E-state index contributed by atoms with van der Waals surface area (Å²) in [6.07, 6.45) is 0.723. The Morgan fingerprint density at radius 2 is 1.90 bits per heavy atom. The molecule has 0 aliphatic rings. The van der Waals surface area contributed by atoms with Crippen LogP contribution in [0, 0.1) is 19.8 Å². The molecule has 4 nitrogen and oxygen atoms in total. The highest BCUT2D eigenvalue weighted by Gasteiger charge is 2.16. The molecule has 0 aliphatic heterocycles. The fraction of sp³-hybridized carbons (Fsp3) is 0.562. The quantitative estimate of drug-likeness (QED) is 0.831. The third-order valence-electron chi connectivity index (χ3n) is 3.29. The fourth-order valence-corrected chi connectivity index (χ4v) is 2.18. The van der Waals surface area contributed by atoms with Crippen molar-refractivity contribution in [3.05, 3.63) is 29.3 Å². The van der Waals surface area contributed by atoms with Crippen molar-refractivity contribution in [2.45, 2.75) is 27.2 Å². The number of likely N-dealkylation sites (N-methyl/N-ethyl adjacent to an activating group) is 1. The lowest BCUT2D eigenvalue weighted by Gasteiger charge is -2.21. The lowest BCUT2D eigenvalue weighted by Crippen LogP contribution is -2.35. The maximum Gasteiger partial charge on any atom is 0.225 e. The van der Waals surface area contributed by atoms with Gasteiger partial charge in [-0.3, -0.25) is 4.79 Å². The molecule has 1 aromatic rings. The molecule has 0 radical (unpaired) electrons. The van der Waals surface area contributed by atoms with Gasteiger partial charge in [0.1, 0.15) is 12.4 Å². The summed E-state index contributed by atoms with van der Waals surface area (Å²) in [4.78, 5) is 13.7. The lowest BCUT2D eigenvalue weighted by atomic mass is 10.1. The summed E-state index contributed by atoms with van der Waals surface area (Å²) in [7, 11) is 1.81. The van der Waals surface area contributed by atoms with Gasteiger partial charge in [-0.25, -0.2) is 0 Å². The highest BCUT2D eigenvalue weighted by atomic mass is 16.5. The van der Waals surface area contributed by atoms with Gasteiger partial charge in [-0.15, -0.1) is 0 Å². The van der Waals surface area contributed by atoms with Crippen molar-refractivity contribution in [3.63, 3.8) is 0 Å². The Labute approximate surface area is 121 Å². The van der Waals surface area contributed by atoms with Gasteiger partial charge in [0.2, 0.25) is 5.91 Å². The van der Waals surface area contributed by atoms with Crippen LogP contribution < -0.4 is 10.5 Å². The summed E-state index contributed by atoms with van der Waals surface area (Å²) in [5, 5.41) is 0. The summed E-state index contributed by atoms with van der Waals surface area (Å²) in [6, 6.07) is 6.12. The van der Waals surface area contributed by atoms with Crippen LogP contribution in [0.1, 0.15) is 24.5 Å². The van der Waals surface area contributed by atoms with E-state index in [1.54, 1.807) is 11.9 Å². The molecule has 1 amide bonds. The number of hydrogen-bond acceptors (Lipinski definition) is 3. The Morgan fingerprint density at radius 1 is 1.30 bits per heavy atom. The van der Waals surface area contributed by atoms with Crippen molar-refractivity contribution >= 4 is 5.91 Å². The van der Waals surface area contributed by atoms with Crippen LogP contribution in [0.25, 0.3) is 0 Å². The van der Waals surface area contributed by atoms with Gasteiger partial charge in [0, 0.05) is 13.0 Å². The molecule has 1 atom stereocenters. The Balaban J connectivity index is 2.41. The highest BCUT2D eigenvalue weighted by molar-refractivity contribution is 5.78. The van der Waals surface area contributed by atoms with Crippen LogP contribution in [0.3, 0.4) is 0 Å². The number of carbonyl (C=O) groups is 1. The maximum absolute atomic E-state index is 12.0. The number of hydrogen-bond donors (Lipinski definition) is 1. The molecule has 1 rings (SSSR count). The van der Waals surface area contributed by atoms with E-state index in [9.17, 15) is 4.79 Å². The molecule has 112 valence electrons. The Morgan fingerprint density at radius 3 is 2.45 bits per heavy atom. The lowest BCUT2D eigenvalue weighted by molar-refractivity contribution is -0.134. The van der Waals surface area contributed by atoms with Gasteiger partial charge in [-0.05, 0) is 50.1 Å². The van der Waals surface area contributed by atoms with Gasteiger partial charge < -0.3 is 15.4 Å². The van der Waals surface area contributed by atoms with E-state index in [1.807, 2.05) is 32.9 Å². The Kier molecular flexibility index (Phi) is 6.52. The van der Waals surface area contributed by atoms with Crippen LogP contribution in [-0.4, -0.2) is 37.6 Å². The number of nitrogens with two attached hydrogens (primary N) is 1. The third-order valence-corrected chi connectivity index (χ3v) is 3.29. The predicted octanol–water partition coefficient (Wildman–Crippen LogP) is 2.13. The van der Waals surface area contributed by atoms with E-state index in [0.717, 1.165) is 12.2 Å². The van der Waals surface area contributed by atoms with Crippen molar-refractivity contribution in [3.8, 4) is 5.75 Å². The van der Waals surface area contributed by atoms with E-state index in [1.165, 1.54) is 11.1 Å². The summed E-state index contributed by atoms with van der Waals surface area (Å²) in [6.45, 7) is 7.63. The SMILES string of the molecule is Cc1cc(C)cc(OCCN(C)C(=O)C(C)CCN)c1. The summed E-state index contributed by atoms with van der Waals surface area (Å²) < 4.78 is 5.71. The van der Waals surface area contributed by atoms with Crippen molar-refractivity contribution in [2.75, 3.05) is 26.7 Å². The average Bonchev–Trinajstić information content (AvgIpc) is 2.36.